The molecule has 1 aliphatic heterocycles. The van der Waals surface area contributed by atoms with Gasteiger partial charge >= 0.3 is 5.97 Å². The lowest BCUT2D eigenvalue weighted by atomic mass is 9.95. The summed E-state index contributed by atoms with van der Waals surface area (Å²) in [5.74, 6) is -0.767. The van der Waals surface area contributed by atoms with Crippen LogP contribution in [0.15, 0.2) is 63.5 Å². The van der Waals surface area contributed by atoms with Crippen LogP contribution in [0.2, 0.25) is 0 Å². The first-order chi connectivity index (χ1) is 17.1. The van der Waals surface area contributed by atoms with Gasteiger partial charge < -0.3 is 14.7 Å². The van der Waals surface area contributed by atoms with Crippen molar-refractivity contribution >= 4 is 34.8 Å². The first-order valence-corrected chi connectivity index (χ1v) is 11.9. The maximum atomic E-state index is 13.6. The Hall–Kier alpha value is -4.25. The highest BCUT2D eigenvalue weighted by molar-refractivity contribution is 7.07. The number of hydrogen-bond donors (Lipinski definition) is 1. The zero-order chi connectivity index (χ0) is 26.1. The van der Waals surface area contributed by atoms with Crippen molar-refractivity contribution < 1.29 is 19.6 Å². The molecule has 0 saturated heterocycles. The van der Waals surface area contributed by atoms with E-state index in [1.54, 1.807) is 13.8 Å². The fourth-order valence-electron chi connectivity index (χ4n) is 3.97. The van der Waals surface area contributed by atoms with Crippen LogP contribution in [0, 0.1) is 10.1 Å². The maximum absolute atomic E-state index is 13.6. The Morgan fingerprint density at radius 1 is 1.28 bits per heavy atom. The van der Waals surface area contributed by atoms with E-state index in [0.717, 1.165) is 17.0 Å². The van der Waals surface area contributed by atoms with E-state index in [9.17, 15) is 24.8 Å². The predicted molar refractivity (Wildman–Crippen MR) is 136 cm³/mol. The molecule has 0 fully saturated rings. The molecule has 1 N–H and O–H groups in total. The van der Waals surface area contributed by atoms with E-state index in [-0.39, 0.29) is 33.7 Å². The second-order valence-corrected chi connectivity index (χ2v) is 9.30. The van der Waals surface area contributed by atoms with Crippen LogP contribution in [-0.2, 0) is 9.53 Å². The molecule has 1 atom stereocenters. The van der Waals surface area contributed by atoms with Gasteiger partial charge in [0, 0.05) is 37.5 Å². The molecule has 2 aromatic carbocycles. The van der Waals surface area contributed by atoms with E-state index in [1.165, 1.54) is 28.8 Å². The van der Waals surface area contributed by atoms with Crippen LogP contribution >= 0.6 is 11.3 Å². The van der Waals surface area contributed by atoms with Crippen LogP contribution in [0.5, 0.6) is 5.75 Å². The quantitative estimate of drug-likeness (QED) is 0.308. The van der Waals surface area contributed by atoms with Gasteiger partial charge in [0.1, 0.15) is 5.75 Å². The number of phenols is 1. The second kappa shape index (κ2) is 9.78. The number of aromatic hydroxyl groups is 1. The molecular weight excluding hydrogens is 484 g/mol. The Bertz CT molecular complexity index is 1570. The van der Waals surface area contributed by atoms with E-state index in [2.05, 4.69) is 4.99 Å². The molecule has 3 aromatic rings. The van der Waals surface area contributed by atoms with Gasteiger partial charge in [-0.2, -0.15) is 0 Å². The van der Waals surface area contributed by atoms with Gasteiger partial charge in [-0.15, -0.1) is 0 Å². The Kier molecular flexibility index (Phi) is 6.75. The summed E-state index contributed by atoms with van der Waals surface area (Å²) in [4.78, 5) is 44.0. The molecule has 4 rings (SSSR count). The van der Waals surface area contributed by atoms with E-state index in [1.807, 2.05) is 43.3 Å². The third-order valence-electron chi connectivity index (χ3n) is 5.75. The summed E-state index contributed by atoms with van der Waals surface area (Å²) in [5.41, 5.74) is 1.80. The molecule has 0 bridgehead atoms. The largest absolute Gasteiger partial charge is 0.507 e. The minimum atomic E-state index is -0.780. The average Bonchev–Trinajstić information content (AvgIpc) is 3.14. The number of non-ortho nitro benzene ring substituents is 1. The molecule has 186 valence electrons. The van der Waals surface area contributed by atoms with Crippen molar-refractivity contribution in [1.29, 1.82) is 0 Å². The number of esters is 1. The third kappa shape index (κ3) is 4.52. The van der Waals surface area contributed by atoms with Crippen LogP contribution in [0.4, 0.5) is 11.4 Å². The Morgan fingerprint density at radius 2 is 1.97 bits per heavy atom. The number of benzene rings is 2. The number of carbonyl (C=O) groups is 1. The monoisotopic (exact) mass is 508 g/mol. The predicted octanol–water partition coefficient (Wildman–Crippen LogP) is 2.48. The minimum absolute atomic E-state index is 0.127. The molecular formula is C25H24N4O6S. The Balaban J connectivity index is 1.95. The summed E-state index contributed by atoms with van der Waals surface area (Å²) in [5, 5.41) is 21.4. The molecule has 11 heteroatoms. The van der Waals surface area contributed by atoms with Gasteiger partial charge in [0.15, 0.2) is 4.80 Å². The average molecular weight is 509 g/mol. The van der Waals surface area contributed by atoms with E-state index >= 15 is 0 Å². The first-order valence-electron chi connectivity index (χ1n) is 11.1. The Labute approximate surface area is 209 Å². The van der Waals surface area contributed by atoms with E-state index in [4.69, 9.17) is 4.74 Å². The summed E-state index contributed by atoms with van der Waals surface area (Å²) in [6.45, 7) is 3.56. The van der Waals surface area contributed by atoms with Crippen LogP contribution in [0.3, 0.4) is 0 Å². The highest BCUT2D eigenvalue weighted by Gasteiger charge is 2.33. The SMILES string of the molecule is CCOC(=O)C1=C(C)N=c2sc(=Cc3cc([N+](=O)[O-])ccc3O)c(=O)n2C1c1ccc(N(C)C)cc1. The van der Waals surface area contributed by atoms with Crippen LogP contribution in [0.25, 0.3) is 6.08 Å². The fourth-order valence-corrected chi connectivity index (χ4v) is 5.01. The van der Waals surface area contributed by atoms with Gasteiger partial charge in [-0.25, -0.2) is 9.79 Å². The zero-order valence-electron chi connectivity index (χ0n) is 20.1. The molecule has 2 heterocycles. The zero-order valence-corrected chi connectivity index (χ0v) is 20.9. The summed E-state index contributed by atoms with van der Waals surface area (Å²) < 4.78 is 6.92. The number of nitro groups is 1. The van der Waals surface area contributed by atoms with Crippen molar-refractivity contribution in [2.45, 2.75) is 19.9 Å². The highest BCUT2D eigenvalue weighted by atomic mass is 32.1. The number of ether oxygens (including phenoxy) is 1. The van der Waals surface area contributed by atoms with Gasteiger partial charge in [0.25, 0.3) is 11.2 Å². The molecule has 1 unspecified atom stereocenters. The lowest BCUT2D eigenvalue weighted by Crippen LogP contribution is -2.39. The number of nitrogens with zero attached hydrogens (tertiary/aromatic N) is 4. The van der Waals surface area contributed by atoms with Gasteiger partial charge in [-0.05, 0) is 43.7 Å². The summed E-state index contributed by atoms with van der Waals surface area (Å²) in [6, 6.07) is 10.3. The van der Waals surface area contributed by atoms with Crippen LogP contribution in [-0.4, -0.2) is 41.3 Å². The molecule has 36 heavy (non-hydrogen) atoms. The number of nitro benzene ring substituents is 1. The number of fused-ring (bicyclic) bond motifs is 1. The molecule has 10 nitrogen and oxygen atoms in total. The van der Waals surface area contributed by atoms with Gasteiger partial charge in [-0.3, -0.25) is 19.5 Å². The normalized spacial score (nSPS) is 15.3. The molecule has 0 saturated carbocycles. The molecule has 1 aliphatic rings. The standard InChI is InChI=1S/C25H24N4O6S/c1-5-35-24(32)21-14(2)26-25-28(22(21)15-6-8-17(9-7-15)27(3)4)23(31)20(36-25)13-16-12-18(29(33)34)10-11-19(16)30/h6-13,22,30H,5H2,1-4H3. The minimum Gasteiger partial charge on any atom is -0.507 e. The Morgan fingerprint density at radius 3 is 2.58 bits per heavy atom. The fraction of sp³-hybridized carbons (Fsp3) is 0.240. The van der Waals surface area contributed by atoms with Crippen molar-refractivity contribution in [2.24, 2.45) is 4.99 Å². The summed E-state index contributed by atoms with van der Waals surface area (Å²) in [7, 11) is 3.82. The topological polar surface area (TPSA) is 127 Å². The number of thiazole rings is 1. The molecule has 0 radical (unpaired) electrons. The number of carbonyl (C=O) groups excluding carboxylic acids is 1. The van der Waals surface area contributed by atoms with Crippen molar-refractivity contribution in [3.05, 3.63) is 94.7 Å². The number of anilines is 1. The van der Waals surface area contributed by atoms with E-state index < -0.39 is 22.5 Å². The molecule has 0 amide bonds. The first kappa shape index (κ1) is 24.9. The number of aromatic nitrogens is 1. The molecule has 0 aliphatic carbocycles. The van der Waals surface area contributed by atoms with Crippen molar-refractivity contribution in [3.8, 4) is 5.75 Å². The number of allylic oxidation sites excluding steroid dienone is 1. The lowest BCUT2D eigenvalue weighted by molar-refractivity contribution is -0.384. The van der Waals surface area contributed by atoms with Gasteiger partial charge in [0.05, 0.1) is 33.4 Å². The second-order valence-electron chi connectivity index (χ2n) is 8.29. The number of phenolic OH excluding ortho intramolecular Hbond substituents is 1. The number of rotatable bonds is 6. The molecule has 1 aromatic heterocycles. The maximum Gasteiger partial charge on any atom is 0.338 e. The van der Waals surface area contributed by atoms with Crippen molar-refractivity contribution in [2.75, 3.05) is 25.6 Å². The summed E-state index contributed by atoms with van der Waals surface area (Å²) in [6.07, 6.45) is 1.39. The third-order valence-corrected chi connectivity index (χ3v) is 6.73. The molecule has 0 spiro atoms. The van der Waals surface area contributed by atoms with Gasteiger partial charge in [0.2, 0.25) is 0 Å². The number of hydrogen-bond acceptors (Lipinski definition) is 9. The van der Waals surface area contributed by atoms with Crippen LogP contribution < -0.4 is 19.8 Å². The van der Waals surface area contributed by atoms with E-state index in [0.29, 0.717) is 16.1 Å². The smallest absolute Gasteiger partial charge is 0.338 e. The highest BCUT2D eigenvalue weighted by Crippen LogP contribution is 2.31. The lowest BCUT2D eigenvalue weighted by Gasteiger charge is -2.25. The van der Waals surface area contributed by atoms with Crippen molar-refractivity contribution in [1.82, 2.24) is 4.57 Å². The van der Waals surface area contributed by atoms with Gasteiger partial charge in [-0.1, -0.05) is 23.5 Å². The van der Waals surface area contributed by atoms with Crippen LogP contribution in [0.1, 0.15) is 31.0 Å². The van der Waals surface area contributed by atoms with Crippen molar-refractivity contribution in [3.63, 3.8) is 0 Å². The summed E-state index contributed by atoms with van der Waals surface area (Å²) >= 11 is 1.07.